The lowest BCUT2D eigenvalue weighted by Crippen LogP contribution is -2.32. The minimum atomic E-state index is -0.157. The summed E-state index contributed by atoms with van der Waals surface area (Å²) in [5.74, 6) is 0.982. The summed E-state index contributed by atoms with van der Waals surface area (Å²) in [5.41, 5.74) is 2.30. The number of ether oxygens (including phenoxy) is 1. The van der Waals surface area contributed by atoms with Crippen molar-refractivity contribution in [2.75, 3.05) is 0 Å². The van der Waals surface area contributed by atoms with Crippen molar-refractivity contribution in [1.82, 2.24) is 5.32 Å². The number of amides is 1. The van der Waals surface area contributed by atoms with Crippen molar-refractivity contribution in [1.29, 1.82) is 0 Å². The Morgan fingerprint density at radius 2 is 1.95 bits per heavy atom. The quantitative estimate of drug-likeness (QED) is 0.911. The van der Waals surface area contributed by atoms with Crippen molar-refractivity contribution in [3.05, 3.63) is 53.3 Å². The first-order chi connectivity index (χ1) is 9.60. The molecule has 1 aromatic rings. The number of nitrogens with one attached hydrogen (secondary N) is 1. The van der Waals surface area contributed by atoms with E-state index < -0.39 is 0 Å². The fourth-order valence-corrected chi connectivity index (χ4v) is 2.03. The van der Waals surface area contributed by atoms with Gasteiger partial charge in [-0.15, -0.1) is 0 Å². The molecular formula is C17H21NO2. The molecular weight excluding hydrogens is 250 g/mol. The third-order valence-corrected chi connectivity index (χ3v) is 3.12. The fourth-order valence-electron chi connectivity index (χ4n) is 2.03. The van der Waals surface area contributed by atoms with Crippen LogP contribution in [0.3, 0.4) is 0 Å². The third-order valence-electron chi connectivity index (χ3n) is 3.12. The Bertz CT molecular complexity index is 539. The van der Waals surface area contributed by atoms with Crippen LogP contribution < -0.4 is 5.32 Å². The zero-order chi connectivity index (χ0) is 14.5. The van der Waals surface area contributed by atoms with Gasteiger partial charge >= 0.3 is 0 Å². The Labute approximate surface area is 120 Å². The number of carbonyl (C=O) groups is 1. The van der Waals surface area contributed by atoms with Crippen LogP contribution in [-0.2, 0) is 16.0 Å². The van der Waals surface area contributed by atoms with Gasteiger partial charge in [0.1, 0.15) is 5.76 Å². The van der Waals surface area contributed by atoms with Crippen molar-refractivity contribution in [3.8, 4) is 0 Å². The highest BCUT2D eigenvalue weighted by Crippen LogP contribution is 2.24. The maximum atomic E-state index is 12.0. The smallest absolute Gasteiger partial charge is 0.286 e. The van der Waals surface area contributed by atoms with E-state index in [1.54, 1.807) is 0 Å². The first kappa shape index (κ1) is 14.4. The summed E-state index contributed by atoms with van der Waals surface area (Å²) < 4.78 is 5.72. The van der Waals surface area contributed by atoms with Crippen molar-refractivity contribution in [2.24, 2.45) is 0 Å². The van der Waals surface area contributed by atoms with E-state index in [1.807, 2.05) is 38.1 Å². The molecule has 0 fully saturated rings. The first-order valence-electron chi connectivity index (χ1n) is 7.08. The third kappa shape index (κ3) is 3.50. The Morgan fingerprint density at radius 1 is 1.25 bits per heavy atom. The summed E-state index contributed by atoms with van der Waals surface area (Å²) in [6.07, 6.45) is 5.53. The average Bonchev–Trinajstić information content (AvgIpc) is 2.47. The molecule has 1 N–H and O–H groups in total. The van der Waals surface area contributed by atoms with E-state index in [4.69, 9.17) is 4.74 Å². The zero-order valence-corrected chi connectivity index (χ0v) is 12.3. The molecule has 20 heavy (non-hydrogen) atoms. The Hall–Kier alpha value is -2.03. The van der Waals surface area contributed by atoms with E-state index in [9.17, 15) is 4.79 Å². The molecule has 1 aliphatic rings. The molecule has 0 aromatic heterocycles. The molecule has 0 unspecified atom stereocenters. The molecule has 1 amide bonds. The zero-order valence-electron chi connectivity index (χ0n) is 12.3. The predicted molar refractivity (Wildman–Crippen MR) is 80.9 cm³/mol. The summed E-state index contributed by atoms with van der Waals surface area (Å²) in [4.78, 5) is 12.0. The first-order valence-corrected chi connectivity index (χ1v) is 7.08. The van der Waals surface area contributed by atoms with Gasteiger partial charge in [0.05, 0.1) is 0 Å². The number of benzene rings is 1. The molecule has 2 rings (SSSR count). The maximum absolute atomic E-state index is 12.0. The second-order valence-corrected chi connectivity index (χ2v) is 5.15. The monoisotopic (exact) mass is 271 g/mol. The normalized spacial score (nSPS) is 14.4. The molecule has 3 nitrogen and oxygen atoms in total. The summed E-state index contributed by atoms with van der Waals surface area (Å²) in [5, 5.41) is 2.84. The van der Waals surface area contributed by atoms with Gasteiger partial charge in [0.2, 0.25) is 0 Å². The van der Waals surface area contributed by atoms with E-state index >= 15 is 0 Å². The van der Waals surface area contributed by atoms with Crippen molar-refractivity contribution < 1.29 is 9.53 Å². The van der Waals surface area contributed by atoms with Gasteiger partial charge in [0.25, 0.3) is 5.91 Å². The molecule has 1 heterocycles. The van der Waals surface area contributed by atoms with Crippen molar-refractivity contribution in [2.45, 2.75) is 39.7 Å². The van der Waals surface area contributed by atoms with E-state index in [2.05, 4.69) is 24.4 Å². The summed E-state index contributed by atoms with van der Waals surface area (Å²) in [6, 6.07) is 8.35. The molecule has 0 radical (unpaired) electrons. The van der Waals surface area contributed by atoms with Gasteiger partial charge in [0, 0.05) is 11.6 Å². The van der Waals surface area contributed by atoms with Gasteiger partial charge in [0.15, 0.2) is 5.76 Å². The Balaban J connectivity index is 2.08. The average molecular weight is 271 g/mol. The lowest BCUT2D eigenvalue weighted by Gasteiger charge is -2.18. The van der Waals surface area contributed by atoms with E-state index in [-0.39, 0.29) is 11.9 Å². The molecule has 0 spiro atoms. The summed E-state index contributed by atoms with van der Waals surface area (Å²) >= 11 is 0. The van der Waals surface area contributed by atoms with Gasteiger partial charge < -0.3 is 10.1 Å². The van der Waals surface area contributed by atoms with E-state index in [1.165, 1.54) is 5.56 Å². The fraction of sp³-hybridized carbons (Fsp3) is 0.353. The minimum Gasteiger partial charge on any atom is -0.452 e. The van der Waals surface area contributed by atoms with Crippen molar-refractivity contribution >= 4 is 11.7 Å². The lowest BCUT2D eigenvalue weighted by atomic mass is 10.1. The van der Waals surface area contributed by atoms with Gasteiger partial charge in [-0.2, -0.15) is 0 Å². The lowest BCUT2D eigenvalue weighted by molar-refractivity contribution is -0.120. The largest absolute Gasteiger partial charge is 0.452 e. The standard InChI is InChI=1S/C17H21NO2/c1-4-13-8-10-14(11-9-13)15-6-5-7-16(20-15)17(19)18-12(2)3/h6-12H,4-5H2,1-3H3,(H,18,19). The van der Waals surface area contributed by atoms with Crippen molar-refractivity contribution in [3.63, 3.8) is 0 Å². The summed E-state index contributed by atoms with van der Waals surface area (Å²) in [7, 11) is 0. The predicted octanol–water partition coefficient (Wildman–Crippen LogP) is 3.42. The number of carbonyl (C=O) groups excluding carboxylic acids is 1. The summed E-state index contributed by atoms with van der Waals surface area (Å²) in [6.45, 7) is 5.99. The molecule has 0 aliphatic carbocycles. The van der Waals surface area contributed by atoms with Gasteiger partial charge in [-0.05, 0) is 44.4 Å². The van der Waals surface area contributed by atoms with Crippen LogP contribution in [0.5, 0.6) is 0 Å². The molecule has 3 heteroatoms. The van der Waals surface area contributed by atoms with Gasteiger partial charge in [-0.1, -0.05) is 31.2 Å². The topological polar surface area (TPSA) is 38.3 Å². The highest BCUT2D eigenvalue weighted by atomic mass is 16.5. The molecule has 106 valence electrons. The highest BCUT2D eigenvalue weighted by Gasteiger charge is 2.17. The molecule has 0 saturated heterocycles. The van der Waals surface area contributed by atoms with E-state index in [0.717, 1.165) is 17.7 Å². The number of rotatable bonds is 4. The molecule has 0 atom stereocenters. The highest BCUT2D eigenvalue weighted by molar-refractivity contribution is 5.93. The second-order valence-electron chi connectivity index (χ2n) is 5.15. The maximum Gasteiger partial charge on any atom is 0.286 e. The molecule has 0 saturated carbocycles. The number of aryl methyl sites for hydroxylation is 1. The van der Waals surface area contributed by atoms with Crippen LogP contribution in [0, 0.1) is 0 Å². The molecule has 0 bridgehead atoms. The second kappa shape index (κ2) is 6.42. The number of allylic oxidation sites excluding steroid dienone is 2. The van der Waals surface area contributed by atoms with Crippen LogP contribution in [0.25, 0.3) is 5.76 Å². The van der Waals surface area contributed by atoms with E-state index in [0.29, 0.717) is 12.2 Å². The number of hydrogen-bond donors (Lipinski definition) is 1. The van der Waals surface area contributed by atoms with Crippen LogP contribution in [0.1, 0.15) is 38.3 Å². The van der Waals surface area contributed by atoms with Crippen LogP contribution in [0.15, 0.2) is 42.2 Å². The van der Waals surface area contributed by atoms with Crippen LogP contribution >= 0.6 is 0 Å². The van der Waals surface area contributed by atoms with Crippen LogP contribution in [0.2, 0.25) is 0 Å². The van der Waals surface area contributed by atoms with Crippen LogP contribution in [-0.4, -0.2) is 11.9 Å². The Morgan fingerprint density at radius 3 is 2.55 bits per heavy atom. The Kier molecular flexibility index (Phi) is 4.61. The molecule has 1 aliphatic heterocycles. The SMILES string of the molecule is CCc1ccc(C2=CCC=C(C(=O)NC(C)C)O2)cc1. The van der Waals surface area contributed by atoms with Gasteiger partial charge in [-0.3, -0.25) is 4.79 Å². The number of hydrogen-bond acceptors (Lipinski definition) is 2. The van der Waals surface area contributed by atoms with Gasteiger partial charge in [-0.25, -0.2) is 0 Å². The minimum absolute atomic E-state index is 0.102. The molecule has 1 aromatic carbocycles. The van der Waals surface area contributed by atoms with Crippen LogP contribution in [0.4, 0.5) is 0 Å².